The molecule has 94 valence electrons. The van der Waals surface area contributed by atoms with Gasteiger partial charge in [0.2, 0.25) is 0 Å². The second-order valence-corrected chi connectivity index (χ2v) is 4.14. The molecule has 0 aliphatic rings. The lowest BCUT2D eigenvalue weighted by molar-refractivity contribution is 0.340. The molecule has 1 heterocycles. The molecule has 0 amide bonds. The van der Waals surface area contributed by atoms with Gasteiger partial charge in [0.15, 0.2) is 10.5 Å². The molecule has 5 heteroatoms. The molecule has 3 nitrogen and oxygen atoms in total. The first kappa shape index (κ1) is 12.7. The van der Waals surface area contributed by atoms with E-state index in [0.717, 1.165) is 11.3 Å². The van der Waals surface area contributed by atoms with E-state index in [-0.39, 0.29) is 4.64 Å². The van der Waals surface area contributed by atoms with E-state index in [0.29, 0.717) is 18.7 Å². The van der Waals surface area contributed by atoms with Crippen LogP contribution in [0.2, 0.25) is 0 Å². The van der Waals surface area contributed by atoms with Crippen molar-refractivity contribution in [1.82, 2.24) is 9.97 Å². The van der Waals surface area contributed by atoms with Crippen molar-refractivity contribution in [2.75, 3.05) is 6.61 Å². The molecule has 18 heavy (non-hydrogen) atoms. The highest BCUT2D eigenvalue weighted by Crippen LogP contribution is 2.15. The van der Waals surface area contributed by atoms with Gasteiger partial charge in [-0.05, 0) is 24.6 Å². The lowest BCUT2D eigenvalue weighted by atomic mass is 10.1. The third kappa shape index (κ3) is 2.92. The number of nitrogens with one attached hydrogen (secondary N) is 1. The van der Waals surface area contributed by atoms with E-state index >= 15 is 0 Å². The predicted octanol–water partition coefficient (Wildman–Crippen LogP) is 3.27. The van der Waals surface area contributed by atoms with E-state index in [2.05, 4.69) is 9.97 Å². The zero-order chi connectivity index (χ0) is 13.0. The van der Waals surface area contributed by atoms with Crippen LogP contribution in [0.4, 0.5) is 4.39 Å². The molecule has 0 saturated heterocycles. The van der Waals surface area contributed by atoms with Crippen LogP contribution in [0.1, 0.15) is 18.2 Å². The smallest absolute Gasteiger partial charge is 0.179 e. The number of halogens is 1. The summed E-state index contributed by atoms with van der Waals surface area (Å²) >= 11 is 4.79. The molecule has 0 atom stereocenters. The second-order valence-electron chi connectivity index (χ2n) is 3.75. The summed E-state index contributed by atoms with van der Waals surface area (Å²) in [6, 6.07) is 7.54. The quantitative estimate of drug-likeness (QED) is 0.861. The minimum absolute atomic E-state index is 0.00492. The first-order valence-electron chi connectivity index (χ1n) is 5.64. The van der Waals surface area contributed by atoms with Crippen molar-refractivity contribution >= 4 is 12.2 Å². The molecular formula is C13H13FN2OS. The molecule has 0 radical (unpaired) electrons. The largest absolute Gasteiger partial charge is 0.494 e. The van der Waals surface area contributed by atoms with Gasteiger partial charge in [-0.2, -0.15) is 0 Å². The second kappa shape index (κ2) is 5.73. The highest BCUT2D eigenvalue weighted by molar-refractivity contribution is 7.71. The summed E-state index contributed by atoms with van der Waals surface area (Å²) in [5.74, 6) is 0.353. The molecule has 0 spiro atoms. The van der Waals surface area contributed by atoms with Crippen molar-refractivity contribution in [2.24, 2.45) is 0 Å². The number of aromatic nitrogens is 2. The minimum atomic E-state index is -0.457. The van der Waals surface area contributed by atoms with Crippen molar-refractivity contribution in [2.45, 2.75) is 13.3 Å². The Balaban J connectivity index is 2.18. The maximum absolute atomic E-state index is 13.7. The number of hydrogen-bond acceptors (Lipinski definition) is 3. The lowest BCUT2D eigenvalue weighted by Crippen LogP contribution is -1.99. The molecular weight excluding hydrogens is 251 g/mol. The Labute approximate surface area is 110 Å². The summed E-state index contributed by atoms with van der Waals surface area (Å²) in [4.78, 5) is 6.47. The first-order valence-corrected chi connectivity index (χ1v) is 6.05. The van der Waals surface area contributed by atoms with E-state index in [9.17, 15) is 4.39 Å². The molecule has 0 unspecified atom stereocenters. The van der Waals surface area contributed by atoms with Gasteiger partial charge in [-0.25, -0.2) is 9.37 Å². The summed E-state index contributed by atoms with van der Waals surface area (Å²) in [6.45, 7) is 2.56. The van der Waals surface area contributed by atoms with E-state index < -0.39 is 5.82 Å². The monoisotopic (exact) mass is 264 g/mol. The van der Waals surface area contributed by atoms with Crippen LogP contribution < -0.4 is 4.74 Å². The average molecular weight is 264 g/mol. The Bertz CT molecular complexity index is 580. The summed E-state index contributed by atoms with van der Waals surface area (Å²) in [5, 5.41) is 0. The van der Waals surface area contributed by atoms with Gasteiger partial charge < -0.3 is 9.72 Å². The summed E-state index contributed by atoms with van der Waals surface area (Å²) in [5.41, 5.74) is 1.42. The number of aromatic amines is 1. The van der Waals surface area contributed by atoms with Gasteiger partial charge in [-0.3, -0.25) is 0 Å². The van der Waals surface area contributed by atoms with Crippen LogP contribution in [0, 0.1) is 10.5 Å². The first-order chi connectivity index (χ1) is 8.70. The van der Waals surface area contributed by atoms with Crippen LogP contribution in [0.15, 0.2) is 30.6 Å². The maximum Gasteiger partial charge on any atom is 0.179 e. The third-order valence-electron chi connectivity index (χ3n) is 2.49. The fourth-order valence-electron chi connectivity index (χ4n) is 1.62. The Morgan fingerprint density at radius 3 is 2.72 bits per heavy atom. The van der Waals surface area contributed by atoms with Gasteiger partial charge in [0, 0.05) is 6.42 Å². The zero-order valence-corrected chi connectivity index (χ0v) is 10.8. The fourth-order valence-corrected chi connectivity index (χ4v) is 1.80. The van der Waals surface area contributed by atoms with Gasteiger partial charge in [0.25, 0.3) is 0 Å². The zero-order valence-electron chi connectivity index (χ0n) is 9.94. The fraction of sp³-hybridized carbons (Fsp3) is 0.231. The van der Waals surface area contributed by atoms with Gasteiger partial charge in [0.05, 0.1) is 18.6 Å². The number of hydrogen-bond donors (Lipinski definition) is 1. The number of ether oxygens (including phenoxy) is 1. The summed E-state index contributed by atoms with van der Waals surface area (Å²) in [7, 11) is 0. The van der Waals surface area contributed by atoms with Crippen LogP contribution in [0.5, 0.6) is 5.75 Å². The van der Waals surface area contributed by atoms with E-state index in [1.807, 2.05) is 31.2 Å². The summed E-state index contributed by atoms with van der Waals surface area (Å²) < 4.78 is 19.0. The third-order valence-corrected chi connectivity index (χ3v) is 2.77. The molecule has 0 bridgehead atoms. The van der Waals surface area contributed by atoms with Gasteiger partial charge >= 0.3 is 0 Å². The maximum atomic E-state index is 13.7. The molecule has 0 fully saturated rings. The molecule has 0 aliphatic heterocycles. The number of benzene rings is 1. The molecule has 0 aliphatic carbocycles. The predicted molar refractivity (Wildman–Crippen MR) is 69.8 cm³/mol. The Morgan fingerprint density at radius 2 is 2.06 bits per heavy atom. The minimum Gasteiger partial charge on any atom is -0.494 e. The van der Waals surface area contributed by atoms with Crippen molar-refractivity contribution in [1.29, 1.82) is 0 Å². The molecule has 2 aromatic rings. The standard InChI is InChI=1S/C13H13FN2OS/c1-2-17-10-5-3-9(4-6-10)7-11-12(14)13(18)16-8-15-11/h3-6,8H,2,7H2,1H3,(H,15,16,18). The SMILES string of the molecule is CCOc1ccc(Cc2[nH]cnc(=S)c2F)cc1. The highest BCUT2D eigenvalue weighted by atomic mass is 32.1. The van der Waals surface area contributed by atoms with Gasteiger partial charge in [-0.1, -0.05) is 24.4 Å². The molecule has 1 aromatic heterocycles. The average Bonchev–Trinajstić information content (AvgIpc) is 2.38. The Kier molecular flexibility index (Phi) is 4.04. The van der Waals surface area contributed by atoms with Crippen LogP contribution in [-0.2, 0) is 6.42 Å². The number of nitrogens with zero attached hydrogens (tertiary/aromatic N) is 1. The van der Waals surface area contributed by atoms with Crippen LogP contribution in [0.25, 0.3) is 0 Å². The van der Waals surface area contributed by atoms with Crippen molar-refractivity contribution in [3.05, 3.63) is 52.3 Å². The lowest BCUT2D eigenvalue weighted by Gasteiger charge is -2.06. The molecule has 1 aromatic carbocycles. The topological polar surface area (TPSA) is 37.9 Å². The molecule has 2 rings (SSSR count). The van der Waals surface area contributed by atoms with Gasteiger partial charge in [-0.15, -0.1) is 0 Å². The van der Waals surface area contributed by atoms with Crippen molar-refractivity contribution in [3.63, 3.8) is 0 Å². The van der Waals surface area contributed by atoms with Crippen LogP contribution >= 0.6 is 12.2 Å². The van der Waals surface area contributed by atoms with Crippen molar-refractivity contribution in [3.8, 4) is 5.75 Å². The van der Waals surface area contributed by atoms with Crippen LogP contribution in [0.3, 0.4) is 0 Å². The van der Waals surface area contributed by atoms with E-state index in [1.54, 1.807) is 0 Å². The van der Waals surface area contributed by atoms with E-state index in [1.165, 1.54) is 6.33 Å². The number of rotatable bonds is 4. The Hall–Kier alpha value is -1.75. The highest BCUT2D eigenvalue weighted by Gasteiger charge is 2.05. The van der Waals surface area contributed by atoms with Crippen molar-refractivity contribution < 1.29 is 9.13 Å². The van der Waals surface area contributed by atoms with E-state index in [4.69, 9.17) is 17.0 Å². The molecule has 0 saturated carbocycles. The normalized spacial score (nSPS) is 10.3. The Morgan fingerprint density at radius 1 is 1.33 bits per heavy atom. The summed E-state index contributed by atoms with van der Waals surface area (Å²) in [6.07, 6.45) is 1.86. The molecule has 1 N–H and O–H groups in total. The van der Waals surface area contributed by atoms with Crippen LogP contribution in [-0.4, -0.2) is 16.6 Å². The van der Waals surface area contributed by atoms with Gasteiger partial charge in [0.1, 0.15) is 5.75 Å². The number of H-pyrrole nitrogens is 1.